The van der Waals surface area contributed by atoms with Gasteiger partial charge in [0.25, 0.3) is 0 Å². The quantitative estimate of drug-likeness (QED) is 0.604. The van der Waals surface area contributed by atoms with E-state index >= 15 is 0 Å². The van der Waals surface area contributed by atoms with Gasteiger partial charge < -0.3 is 10.2 Å². The lowest BCUT2D eigenvalue weighted by Crippen LogP contribution is -2.51. The number of anilines is 1. The molecule has 2 aromatic carbocycles. The molecule has 0 saturated heterocycles. The molecule has 0 aliphatic rings. The third kappa shape index (κ3) is 7.06. The van der Waals surface area contributed by atoms with E-state index in [1.807, 2.05) is 37.3 Å². The topological polar surface area (TPSA) is 86.8 Å². The van der Waals surface area contributed by atoms with Gasteiger partial charge in [-0.25, -0.2) is 12.8 Å². The number of hydrogen-bond acceptors (Lipinski definition) is 4. The highest BCUT2D eigenvalue weighted by Gasteiger charge is 2.29. The average molecular weight is 450 g/mol. The molecule has 31 heavy (non-hydrogen) atoms. The molecule has 2 aromatic rings. The Morgan fingerprint density at radius 3 is 2.23 bits per heavy atom. The minimum Gasteiger partial charge on any atom is -0.354 e. The summed E-state index contributed by atoms with van der Waals surface area (Å²) in [6.07, 6.45) is 1.72. The Kier molecular flexibility index (Phi) is 8.56. The Morgan fingerprint density at radius 1 is 1.06 bits per heavy atom. The number of hydrogen-bond donors (Lipinski definition) is 1. The van der Waals surface area contributed by atoms with Crippen LogP contribution in [0.5, 0.6) is 0 Å². The summed E-state index contributed by atoms with van der Waals surface area (Å²) in [6, 6.07) is 13.2. The number of carbonyl (C=O) groups excluding carboxylic acids is 2. The van der Waals surface area contributed by atoms with Crippen LogP contribution in [0.1, 0.15) is 25.8 Å². The van der Waals surface area contributed by atoms with Crippen molar-refractivity contribution in [1.29, 1.82) is 0 Å². The maximum Gasteiger partial charge on any atom is 0.244 e. The van der Waals surface area contributed by atoms with Gasteiger partial charge in [0.05, 0.1) is 11.9 Å². The molecule has 2 amide bonds. The van der Waals surface area contributed by atoms with Crippen molar-refractivity contribution in [2.75, 3.05) is 23.7 Å². The molecule has 0 unspecified atom stereocenters. The van der Waals surface area contributed by atoms with Crippen LogP contribution in [-0.4, -0.2) is 50.5 Å². The predicted molar refractivity (Wildman–Crippen MR) is 118 cm³/mol. The predicted octanol–water partition coefficient (Wildman–Crippen LogP) is 2.54. The number of carbonyl (C=O) groups is 2. The molecule has 0 heterocycles. The van der Waals surface area contributed by atoms with Crippen molar-refractivity contribution in [3.63, 3.8) is 0 Å². The maximum atomic E-state index is 13.3. The first-order chi connectivity index (χ1) is 14.6. The first kappa shape index (κ1) is 24.3. The van der Waals surface area contributed by atoms with Crippen LogP contribution in [0.3, 0.4) is 0 Å². The van der Waals surface area contributed by atoms with Gasteiger partial charge in [-0.1, -0.05) is 37.3 Å². The van der Waals surface area contributed by atoms with Gasteiger partial charge in [0, 0.05) is 13.1 Å². The first-order valence-electron chi connectivity index (χ1n) is 9.98. The van der Waals surface area contributed by atoms with Gasteiger partial charge >= 0.3 is 0 Å². The molecule has 0 aliphatic heterocycles. The molecule has 2 rings (SSSR count). The number of nitrogens with one attached hydrogen (secondary N) is 1. The zero-order valence-corrected chi connectivity index (χ0v) is 18.7. The van der Waals surface area contributed by atoms with Gasteiger partial charge in [-0.05, 0) is 43.2 Å². The van der Waals surface area contributed by atoms with Crippen molar-refractivity contribution in [2.45, 2.75) is 32.9 Å². The summed E-state index contributed by atoms with van der Waals surface area (Å²) in [4.78, 5) is 27.1. The highest BCUT2D eigenvalue weighted by molar-refractivity contribution is 7.92. The molecule has 0 spiro atoms. The fraction of sp³-hybridized carbons (Fsp3) is 0.364. The summed E-state index contributed by atoms with van der Waals surface area (Å²) in [7, 11) is -3.83. The molecule has 7 nitrogen and oxygen atoms in total. The van der Waals surface area contributed by atoms with Crippen molar-refractivity contribution in [1.82, 2.24) is 10.2 Å². The van der Waals surface area contributed by atoms with E-state index in [0.717, 1.165) is 34.7 Å². The lowest BCUT2D eigenvalue weighted by Gasteiger charge is -2.31. The van der Waals surface area contributed by atoms with Gasteiger partial charge in [0.2, 0.25) is 21.8 Å². The summed E-state index contributed by atoms with van der Waals surface area (Å²) in [5.74, 6) is -1.38. The van der Waals surface area contributed by atoms with E-state index in [0.29, 0.717) is 6.54 Å². The summed E-state index contributed by atoms with van der Waals surface area (Å²) in [6.45, 7) is 3.63. The van der Waals surface area contributed by atoms with Crippen LogP contribution in [0.2, 0.25) is 0 Å². The summed E-state index contributed by atoms with van der Waals surface area (Å²) in [5.41, 5.74) is 0.971. The molecule has 0 saturated carbocycles. The Balaban J connectivity index is 2.32. The Labute approximate surface area is 182 Å². The van der Waals surface area contributed by atoms with Crippen LogP contribution in [-0.2, 0) is 26.2 Å². The highest BCUT2D eigenvalue weighted by Crippen LogP contribution is 2.19. The third-order valence-corrected chi connectivity index (χ3v) is 5.85. The van der Waals surface area contributed by atoms with E-state index < -0.39 is 34.3 Å². The number of nitrogens with zero attached hydrogens (tertiary/aromatic N) is 2. The van der Waals surface area contributed by atoms with Gasteiger partial charge in [-0.15, -0.1) is 0 Å². The zero-order chi connectivity index (χ0) is 23.0. The molecule has 0 fully saturated rings. The van der Waals surface area contributed by atoms with Gasteiger partial charge in [0.15, 0.2) is 0 Å². The molecule has 0 aromatic heterocycles. The van der Waals surface area contributed by atoms with Crippen molar-refractivity contribution < 1.29 is 22.4 Å². The van der Waals surface area contributed by atoms with E-state index in [4.69, 9.17) is 0 Å². The van der Waals surface area contributed by atoms with Crippen molar-refractivity contribution in [3.05, 3.63) is 66.0 Å². The first-order valence-corrected chi connectivity index (χ1v) is 11.8. The van der Waals surface area contributed by atoms with E-state index in [2.05, 4.69) is 5.32 Å². The fourth-order valence-corrected chi connectivity index (χ4v) is 3.83. The van der Waals surface area contributed by atoms with Crippen molar-refractivity contribution in [2.24, 2.45) is 0 Å². The Bertz CT molecular complexity index is 982. The number of amides is 2. The molecule has 0 radical (unpaired) electrons. The summed E-state index contributed by atoms with van der Waals surface area (Å²) >= 11 is 0. The average Bonchev–Trinajstić information content (AvgIpc) is 2.74. The summed E-state index contributed by atoms with van der Waals surface area (Å²) in [5, 5.41) is 2.77. The van der Waals surface area contributed by atoms with E-state index in [-0.39, 0.29) is 18.1 Å². The lowest BCUT2D eigenvalue weighted by molar-refractivity contribution is -0.139. The van der Waals surface area contributed by atoms with Crippen LogP contribution in [0.25, 0.3) is 0 Å². The van der Waals surface area contributed by atoms with Crippen LogP contribution in [0.4, 0.5) is 10.1 Å². The van der Waals surface area contributed by atoms with Crippen LogP contribution < -0.4 is 9.62 Å². The Morgan fingerprint density at radius 2 is 1.68 bits per heavy atom. The number of sulfonamides is 1. The second-order valence-electron chi connectivity index (χ2n) is 7.22. The number of benzene rings is 2. The minimum absolute atomic E-state index is 0.140. The second-order valence-corrected chi connectivity index (χ2v) is 9.13. The zero-order valence-electron chi connectivity index (χ0n) is 17.9. The van der Waals surface area contributed by atoms with E-state index in [1.54, 1.807) is 6.92 Å². The van der Waals surface area contributed by atoms with Crippen LogP contribution in [0, 0.1) is 5.82 Å². The fourth-order valence-electron chi connectivity index (χ4n) is 2.98. The van der Waals surface area contributed by atoms with E-state index in [9.17, 15) is 22.4 Å². The SMILES string of the molecule is CCCNC(=O)[C@H](C)N(Cc1ccccc1)C(=O)CN(c1ccc(F)cc1)S(C)(=O)=O. The molecular weight excluding hydrogens is 421 g/mol. The highest BCUT2D eigenvalue weighted by atomic mass is 32.2. The molecule has 9 heteroatoms. The van der Waals surface area contributed by atoms with Gasteiger partial charge in [0.1, 0.15) is 18.4 Å². The minimum atomic E-state index is -3.83. The molecule has 168 valence electrons. The third-order valence-electron chi connectivity index (χ3n) is 4.71. The van der Waals surface area contributed by atoms with Gasteiger partial charge in [-0.3, -0.25) is 13.9 Å². The second kappa shape index (κ2) is 10.9. The molecular formula is C22H28FN3O4S. The smallest absolute Gasteiger partial charge is 0.244 e. The molecule has 0 aliphatic carbocycles. The maximum absolute atomic E-state index is 13.3. The molecule has 1 atom stereocenters. The summed E-state index contributed by atoms with van der Waals surface area (Å²) < 4.78 is 38.9. The van der Waals surface area contributed by atoms with Crippen molar-refractivity contribution >= 4 is 27.5 Å². The number of halogens is 1. The van der Waals surface area contributed by atoms with Crippen LogP contribution in [0.15, 0.2) is 54.6 Å². The molecule has 0 bridgehead atoms. The monoisotopic (exact) mass is 449 g/mol. The van der Waals surface area contributed by atoms with Gasteiger partial charge in [-0.2, -0.15) is 0 Å². The van der Waals surface area contributed by atoms with Crippen molar-refractivity contribution in [3.8, 4) is 0 Å². The Hall–Kier alpha value is -2.94. The number of rotatable bonds is 10. The normalized spacial score (nSPS) is 12.1. The van der Waals surface area contributed by atoms with E-state index in [1.165, 1.54) is 17.0 Å². The lowest BCUT2D eigenvalue weighted by atomic mass is 10.1. The largest absolute Gasteiger partial charge is 0.354 e. The molecule has 1 N–H and O–H groups in total. The standard InChI is InChI=1S/C22H28FN3O4S/c1-4-14-24-22(28)17(2)25(15-18-8-6-5-7-9-18)21(27)16-26(31(3,29)30)20-12-10-19(23)11-13-20/h5-13,17H,4,14-16H2,1-3H3,(H,24,28)/t17-/m0/s1. The van der Waals surface area contributed by atoms with Crippen LogP contribution >= 0.6 is 0 Å².